The van der Waals surface area contributed by atoms with Crippen molar-refractivity contribution in [3.05, 3.63) is 0 Å². The first-order valence-electron chi connectivity index (χ1n) is 7.26. The summed E-state index contributed by atoms with van der Waals surface area (Å²) in [5.41, 5.74) is 6.21. The van der Waals surface area contributed by atoms with Crippen LogP contribution < -0.4 is 5.73 Å². The lowest BCUT2D eigenvalue weighted by atomic mass is 9.81. The summed E-state index contributed by atoms with van der Waals surface area (Å²) >= 11 is 0. The first-order valence-corrected chi connectivity index (χ1v) is 7.26. The van der Waals surface area contributed by atoms with E-state index in [9.17, 15) is 4.79 Å². The van der Waals surface area contributed by atoms with Gasteiger partial charge in [0, 0.05) is 25.6 Å². The summed E-state index contributed by atoms with van der Waals surface area (Å²) in [4.78, 5) is 14.3. The lowest BCUT2D eigenvalue weighted by Crippen LogP contribution is -2.40. The van der Waals surface area contributed by atoms with Gasteiger partial charge in [-0.3, -0.25) is 4.79 Å². The summed E-state index contributed by atoms with van der Waals surface area (Å²) in [5, 5.41) is 0. The number of carbonyl (C=O) groups is 1. The summed E-state index contributed by atoms with van der Waals surface area (Å²) in [6.45, 7) is 9.48. The fraction of sp³-hybridized carbons (Fsp3) is 0.933. The van der Waals surface area contributed by atoms with Gasteiger partial charge in [-0.25, -0.2) is 0 Å². The highest BCUT2D eigenvalue weighted by atomic mass is 16.2. The minimum atomic E-state index is 0.172. The number of nitrogens with two attached hydrogens (primary N) is 1. The van der Waals surface area contributed by atoms with Crippen LogP contribution in [-0.4, -0.2) is 30.4 Å². The number of carbonyl (C=O) groups excluding carboxylic acids is 1. The molecule has 18 heavy (non-hydrogen) atoms. The van der Waals surface area contributed by atoms with E-state index in [1.54, 1.807) is 0 Å². The van der Waals surface area contributed by atoms with Gasteiger partial charge in [-0.2, -0.15) is 0 Å². The second kappa shape index (κ2) is 6.05. The third kappa shape index (κ3) is 3.71. The fourth-order valence-electron chi connectivity index (χ4n) is 2.84. The molecule has 2 N–H and O–H groups in total. The Bertz CT molecular complexity index is 286. The van der Waals surface area contributed by atoms with Gasteiger partial charge in [0.05, 0.1) is 0 Å². The van der Waals surface area contributed by atoms with E-state index in [0.717, 1.165) is 19.4 Å². The van der Waals surface area contributed by atoms with Gasteiger partial charge in [-0.15, -0.1) is 0 Å². The number of hydrogen-bond acceptors (Lipinski definition) is 2. The molecule has 1 rings (SSSR count). The van der Waals surface area contributed by atoms with Gasteiger partial charge in [0.25, 0.3) is 0 Å². The molecule has 0 saturated heterocycles. The van der Waals surface area contributed by atoms with Gasteiger partial charge < -0.3 is 10.6 Å². The number of rotatable bonds is 5. The van der Waals surface area contributed by atoms with Crippen molar-refractivity contribution in [1.82, 2.24) is 4.90 Å². The molecule has 0 heterocycles. The minimum absolute atomic E-state index is 0.172. The maximum atomic E-state index is 12.4. The fourth-order valence-corrected chi connectivity index (χ4v) is 2.84. The molecule has 1 aliphatic rings. The van der Waals surface area contributed by atoms with E-state index in [0.29, 0.717) is 11.8 Å². The zero-order valence-electron chi connectivity index (χ0n) is 12.7. The van der Waals surface area contributed by atoms with Gasteiger partial charge >= 0.3 is 0 Å². The highest BCUT2D eigenvalue weighted by Gasteiger charge is 2.40. The zero-order valence-corrected chi connectivity index (χ0v) is 12.7. The quantitative estimate of drug-likeness (QED) is 0.820. The molecule has 106 valence electrons. The zero-order chi connectivity index (χ0) is 13.9. The topological polar surface area (TPSA) is 46.3 Å². The van der Waals surface area contributed by atoms with Crippen molar-refractivity contribution in [3.8, 4) is 0 Å². The molecule has 2 atom stereocenters. The Morgan fingerprint density at radius 2 is 2.06 bits per heavy atom. The minimum Gasteiger partial charge on any atom is -0.345 e. The van der Waals surface area contributed by atoms with Crippen LogP contribution in [0.15, 0.2) is 0 Å². The summed E-state index contributed by atoms with van der Waals surface area (Å²) < 4.78 is 0. The predicted octanol–water partition coefficient (Wildman–Crippen LogP) is 2.64. The van der Waals surface area contributed by atoms with Crippen molar-refractivity contribution in [2.75, 3.05) is 13.6 Å². The van der Waals surface area contributed by atoms with Crippen molar-refractivity contribution < 1.29 is 4.79 Å². The van der Waals surface area contributed by atoms with E-state index >= 15 is 0 Å². The smallest absolute Gasteiger partial charge is 0.225 e. The molecule has 3 nitrogen and oxygen atoms in total. The van der Waals surface area contributed by atoms with Crippen LogP contribution in [0.25, 0.3) is 0 Å². The van der Waals surface area contributed by atoms with Crippen LogP contribution in [0.1, 0.15) is 53.4 Å². The molecule has 0 radical (unpaired) electrons. The average molecular weight is 254 g/mol. The molecule has 1 aliphatic carbocycles. The van der Waals surface area contributed by atoms with Crippen LogP contribution in [0, 0.1) is 17.3 Å². The van der Waals surface area contributed by atoms with E-state index in [-0.39, 0.29) is 17.4 Å². The Balaban J connectivity index is 2.47. The van der Waals surface area contributed by atoms with E-state index < -0.39 is 0 Å². The summed E-state index contributed by atoms with van der Waals surface area (Å²) in [6.07, 6.45) is 4.30. The number of amides is 1. The Morgan fingerprint density at radius 1 is 1.44 bits per heavy atom. The molecular formula is C15H30N2O. The maximum Gasteiger partial charge on any atom is 0.225 e. The van der Waals surface area contributed by atoms with E-state index in [2.05, 4.69) is 27.7 Å². The van der Waals surface area contributed by atoms with Gasteiger partial charge in [0.2, 0.25) is 5.91 Å². The van der Waals surface area contributed by atoms with Gasteiger partial charge in [-0.05, 0) is 30.6 Å². The van der Waals surface area contributed by atoms with E-state index in [1.165, 1.54) is 12.8 Å². The third-order valence-corrected chi connectivity index (χ3v) is 4.59. The van der Waals surface area contributed by atoms with Crippen LogP contribution in [0.5, 0.6) is 0 Å². The molecule has 0 aliphatic heterocycles. The molecule has 0 spiro atoms. The highest BCUT2D eigenvalue weighted by Crippen LogP contribution is 2.43. The molecule has 0 aromatic carbocycles. The van der Waals surface area contributed by atoms with E-state index in [1.807, 2.05) is 11.9 Å². The monoisotopic (exact) mass is 254 g/mol. The third-order valence-electron chi connectivity index (χ3n) is 4.59. The van der Waals surface area contributed by atoms with Crippen LogP contribution in [0.4, 0.5) is 0 Å². The van der Waals surface area contributed by atoms with Crippen LogP contribution in [0.2, 0.25) is 0 Å². The standard InChI is InChI=1S/C15H30N2O/c1-11(2)13(16)8-10-17(5)14(18)12-7-6-9-15(12,3)4/h11-13H,6-10,16H2,1-5H3. The second-order valence-electron chi connectivity index (χ2n) is 6.89. The number of hydrogen-bond donors (Lipinski definition) is 1. The largest absolute Gasteiger partial charge is 0.345 e. The van der Waals surface area contributed by atoms with Crippen molar-refractivity contribution >= 4 is 5.91 Å². The Morgan fingerprint density at radius 3 is 2.50 bits per heavy atom. The molecule has 3 heteroatoms. The SMILES string of the molecule is CC(C)C(N)CCN(C)C(=O)C1CCCC1(C)C. The van der Waals surface area contributed by atoms with E-state index in [4.69, 9.17) is 5.73 Å². The normalized spacial score (nSPS) is 24.3. The molecule has 1 saturated carbocycles. The maximum absolute atomic E-state index is 12.4. The van der Waals surface area contributed by atoms with Crippen molar-refractivity contribution in [2.45, 2.75) is 59.4 Å². The molecular weight excluding hydrogens is 224 g/mol. The molecule has 0 bridgehead atoms. The van der Waals surface area contributed by atoms with Gasteiger partial charge in [-0.1, -0.05) is 34.1 Å². The molecule has 0 aromatic rings. The summed E-state index contributed by atoms with van der Waals surface area (Å²) in [5.74, 6) is 1.00. The molecule has 0 aromatic heterocycles. The second-order valence-corrected chi connectivity index (χ2v) is 6.89. The van der Waals surface area contributed by atoms with Crippen LogP contribution in [-0.2, 0) is 4.79 Å². The lowest BCUT2D eigenvalue weighted by molar-refractivity contribution is -0.137. The summed E-state index contributed by atoms with van der Waals surface area (Å²) in [6, 6.07) is 0.192. The first-order chi connectivity index (χ1) is 8.25. The summed E-state index contributed by atoms with van der Waals surface area (Å²) in [7, 11) is 1.92. The Kier molecular flexibility index (Phi) is 5.20. The predicted molar refractivity (Wildman–Crippen MR) is 76.2 cm³/mol. The van der Waals surface area contributed by atoms with Crippen molar-refractivity contribution in [1.29, 1.82) is 0 Å². The molecule has 1 amide bonds. The number of nitrogens with zero attached hydrogens (tertiary/aromatic N) is 1. The Labute approximate surface area is 112 Å². The van der Waals surface area contributed by atoms with Gasteiger partial charge in [0.1, 0.15) is 0 Å². The van der Waals surface area contributed by atoms with Crippen LogP contribution in [0.3, 0.4) is 0 Å². The first kappa shape index (κ1) is 15.5. The Hall–Kier alpha value is -0.570. The lowest BCUT2D eigenvalue weighted by Gasteiger charge is -2.30. The molecule has 1 fully saturated rings. The average Bonchev–Trinajstić information content (AvgIpc) is 2.63. The molecule has 2 unspecified atom stereocenters. The van der Waals surface area contributed by atoms with Crippen molar-refractivity contribution in [2.24, 2.45) is 23.0 Å². The van der Waals surface area contributed by atoms with Gasteiger partial charge in [0.15, 0.2) is 0 Å². The van der Waals surface area contributed by atoms with Crippen molar-refractivity contribution in [3.63, 3.8) is 0 Å². The van der Waals surface area contributed by atoms with Crippen LogP contribution >= 0.6 is 0 Å². The highest BCUT2D eigenvalue weighted by molar-refractivity contribution is 5.79.